The van der Waals surface area contributed by atoms with Crippen LogP contribution in [0.15, 0.2) is 59.3 Å². The number of ether oxygens (including phenoxy) is 2. The molecule has 9 heteroatoms. The van der Waals surface area contributed by atoms with Crippen LogP contribution >= 0.6 is 0 Å². The van der Waals surface area contributed by atoms with Gasteiger partial charge < -0.3 is 18.9 Å². The monoisotopic (exact) mass is 522 g/mol. The number of carbonyl (C=O) groups excluding carboxylic acids is 1. The summed E-state index contributed by atoms with van der Waals surface area (Å²) >= 11 is 0. The van der Waals surface area contributed by atoms with Crippen molar-refractivity contribution in [3.63, 3.8) is 0 Å². The maximum Gasteiger partial charge on any atom is 0.253 e. The lowest BCUT2D eigenvalue weighted by Gasteiger charge is -2.24. The molecule has 0 atom stereocenters. The van der Waals surface area contributed by atoms with Crippen LogP contribution in [0.4, 0.5) is 10.1 Å². The fourth-order valence-corrected chi connectivity index (χ4v) is 4.53. The van der Waals surface area contributed by atoms with Gasteiger partial charge in [-0.3, -0.25) is 9.18 Å². The topological polar surface area (TPSA) is 90.6 Å². The Balaban J connectivity index is 1.38. The lowest BCUT2D eigenvalue weighted by atomic mass is 10.00. The van der Waals surface area contributed by atoms with E-state index in [1.165, 1.54) is 0 Å². The van der Waals surface area contributed by atoms with E-state index >= 15 is 0 Å². The quantitative estimate of drug-likeness (QED) is 0.210. The Kier molecular flexibility index (Phi) is 9.97. The van der Waals surface area contributed by atoms with Crippen LogP contribution < -0.4 is 9.64 Å². The van der Waals surface area contributed by atoms with Crippen LogP contribution in [0.5, 0.6) is 5.88 Å². The summed E-state index contributed by atoms with van der Waals surface area (Å²) in [7, 11) is 1.57. The molecule has 0 bridgehead atoms. The van der Waals surface area contributed by atoms with Crippen molar-refractivity contribution in [1.82, 2.24) is 15.1 Å². The molecule has 1 amide bonds. The average molecular weight is 523 g/mol. The second kappa shape index (κ2) is 13.8. The van der Waals surface area contributed by atoms with E-state index in [-0.39, 0.29) is 17.9 Å². The molecule has 1 fully saturated rings. The fraction of sp³-hybridized carbons (Fsp3) is 0.448. The first-order valence-electron chi connectivity index (χ1n) is 13.2. The molecule has 0 radical (unpaired) electrons. The number of aryl methyl sites for hydroxylation is 1. The van der Waals surface area contributed by atoms with Crippen LogP contribution in [0.2, 0.25) is 0 Å². The maximum atomic E-state index is 13.2. The van der Waals surface area contributed by atoms with E-state index in [1.54, 1.807) is 18.2 Å². The van der Waals surface area contributed by atoms with E-state index < -0.39 is 6.67 Å². The van der Waals surface area contributed by atoms with Crippen LogP contribution in [0.3, 0.4) is 0 Å². The summed E-state index contributed by atoms with van der Waals surface area (Å²) in [4.78, 5) is 23.6. The van der Waals surface area contributed by atoms with Crippen molar-refractivity contribution in [2.24, 2.45) is 0 Å². The van der Waals surface area contributed by atoms with Gasteiger partial charge in [-0.25, -0.2) is 4.98 Å². The minimum absolute atomic E-state index is 0.0171. The van der Waals surface area contributed by atoms with Crippen molar-refractivity contribution >= 4 is 11.6 Å². The molecule has 0 spiro atoms. The third kappa shape index (κ3) is 7.25. The summed E-state index contributed by atoms with van der Waals surface area (Å²) in [5.74, 6) is 1.99. The number of methoxy groups -OCH3 is 1. The van der Waals surface area contributed by atoms with Gasteiger partial charge in [-0.2, -0.15) is 4.98 Å². The highest BCUT2D eigenvalue weighted by molar-refractivity contribution is 6.05. The highest BCUT2D eigenvalue weighted by Crippen LogP contribution is 2.28. The Hall–Kier alpha value is -3.59. The second-order valence-corrected chi connectivity index (χ2v) is 9.38. The molecule has 0 N–H and O–H groups in total. The Morgan fingerprint density at radius 2 is 1.97 bits per heavy atom. The number of halogens is 1. The van der Waals surface area contributed by atoms with Gasteiger partial charge in [0.1, 0.15) is 0 Å². The molecule has 8 nitrogen and oxygen atoms in total. The van der Waals surface area contributed by atoms with Crippen LogP contribution in [0, 0.1) is 0 Å². The number of hydrogen-bond acceptors (Lipinski definition) is 7. The summed E-state index contributed by atoms with van der Waals surface area (Å²) < 4.78 is 29.1. The Morgan fingerprint density at radius 3 is 2.76 bits per heavy atom. The Bertz CT molecular complexity index is 1210. The van der Waals surface area contributed by atoms with Crippen LogP contribution in [0.1, 0.15) is 56.2 Å². The van der Waals surface area contributed by atoms with Gasteiger partial charge in [-0.05, 0) is 55.0 Å². The zero-order valence-corrected chi connectivity index (χ0v) is 21.9. The average Bonchev–Trinajstić information content (AvgIpc) is 3.44. The van der Waals surface area contributed by atoms with Gasteiger partial charge in [0.15, 0.2) is 5.82 Å². The third-order valence-corrected chi connectivity index (χ3v) is 6.72. The number of anilines is 1. The van der Waals surface area contributed by atoms with E-state index in [9.17, 15) is 9.18 Å². The summed E-state index contributed by atoms with van der Waals surface area (Å²) in [5, 5.41) is 4.16. The molecule has 2 aromatic heterocycles. The SMILES string of the molecule is C=C(CCF)C(=O)N(CCCCCc1nc(C2CCOCC2)no1)c1cccc(-c2ccnc(OC)c2)c1. The van der Waals surface area contributed by atoms with Crippen molar-refractivity contribution in [3.05, 3.63) is 66.5 Å². The van der Waals surface area contributed by atoms with Crippen LogP contribution in [-0.4, -0.2) is 54.6 Å². The number of rotatable bonds is 13. The molecule has 3 heterocycles. The number of aromatic nitrogens is 3. The second-order valence-electron chi connectivity index (χ2n) is 9.38. The zero-order chi connectivity index (χ0) is 26.7. The number of amides is 1. The first-order valence-corrected chi connectivity index (χ1v) is 13.2. The Labute approximate surface area is 222 Å². The van der Waals surface area contributed by atoms with Gasteiger partial charge in [-0.1, -0.05) is 30.3 Å². The van der Waals surface area contributed by atoms with Crippen LogP contribution in [0.25, 0.3) is 11.1 Å². The number of hydrogen-bond donors (Lipinski definition) is 0. The molecule has 4 rings (SSSR count). The molecule has 1 aliphatic rings. The predicted octanol–water partition coefficient (Wildman–Crippen LogP) is 5.70. The molecule has 202 valence electrons. The van der Waals surface area contributed by atoms with Crippen molar-refractivity contribution in [3.8, 4) is 17.0 Å². The molecule has 1 saturated heterocycles. The number of benzene rings is 1. The van der Waals surface area contributed by atoms with E-state index in [4.69, 9.17) is 14.0 Å². The Morgan fingerprint density at radius 1 is 1.16 bits per heavy atom. The van der Waals surface area contributed by atoms with Gasteiger partial charge >= 0.3 is 0 Å². The molecule has 0 saturated carbocycles. The largest absolute Gasteiger partial charge is 0.481 e. The molecule has 1 aromatic carbocycles. The minimum Gasteiger partial charge on any atom is -0.481 e. The van der Waals surface area contributed by atoms with Crippen molar-refractivity contribution in [2.45, 2.75) is 50.9 Å². The van der Waals surface area contributed by atoms with E-state index in [0.717, 1.165) is 68.0 Å². The number of carbonyl (C=O) groups is 1. The number of pyridine rings is 1. The fourth-order valence-electron chi connectivity index (χ4n) is 4.53. The van der Waals surface area contributed by atoms with Crippen LogP contribution in [-0.2, 0) is 16.0 Å². The van der Waals surface area contributed by atoms with Gasteiger partial charge in [0.05, 0.1) is 13.8 Å². The molecule has 3 aromatic rings. The number of alkyl halides is 1. The zero-order valence-electron chi connectivity index (χ0n) is 21.9. The lowest BCUT2D eigenvalue weighted by molar-refractivity contribution is -0.115. The first-order chi connectivity index (χ1) is 18.6. The standard InChI is InChI=1S/C29H35FN4O4/c1-21(10-14-30)29(35)34(25-8-6-7-23(19-25)24-11-15-31-27(20-24)36-2)16-5-3-4-9-26-32-28(33-38-26)22-12-17-37-18-13-22/h6-8,11,15,19-20,22H,1,3-5,9-10,12-14,16-18H2,2H3. The lowest BCUT2D eigenvalue weighted by Crippen LogP contribution is -2.33. The molecule has 0 aliphatic carbocycles. The van der Waals surface area contributed by atoms with E-state index in [1.807, 2.05) is 36.4 Å². The normalized spacial score (nSPS) is 13.8. The van der Waals surface area contributed by atoms with E-state index in [0.29, 0.717) is 30.7 Å². The third-order valence-electron chi connectivity index (χ3n) is 6.72. The number of nitrogens with zero attached hydrogens (tertiary/aromatic N) is 4. The molecular formula is C29H35FN4O4. The molecular weight excluding hydrogens is 487 g/mol. The summed E-state index contributed by atoms with van der Waals surface area (Å²) in [6.45, 7) is 5.18. The molecule has 0 unspecified atom stereocenters. The summed E-state index contributed by atoms with van der Waals surface area (Å²) in [6, 6.07) is 11.4. The molecule has 38 heavy (non-hydrogen) atoms. The minimum atomic E-state index is -0.616. The van der Waals surface area contributed by atoms with Crippen molar-refractivity contribution < 1.29 is 23.2 Å². The van der Waals surface area contributed by atoms with Crippen molar-refractivity contribution in [2.75, 3.05) is 38.4 Å². The molecule has 1 aliphatic heterocycles. The predicted molar refractivity (Wildman–Crippen MR) is 143 cm³/mol. The highest BCUT2D eigenvalue weighted by atomic mass is 19.1. The van der Waals surface area contributed by atoms with Gasteiger partial charge in [-0.15, -0.1) is 0 Å². The summed E-state index contributed by atoms with van der Waals surface area (Å²) in [6.07, 6.45) is 6.74. The van der Waals surface area contributed by atoms with Crippen molar-refractivity contribution in [1.29, 1.82) is 0 Å². The maximum absolute atomic E-state index is 13.2. The highest BCUT2D eigenvalue weighted by Gasteiger charge is 2.22. The van der Waals surface area contributed by atoms with Gasteiger partial charge in [0, 0.05) is 62.0 Å². The van der Waals surface area contributed by atoms with E-state index in [2.05, 4.69) is 21.7 Å². The smallest absolute Gasteiger partial charge is 0.253 e. The summed E-state index contributed by atoms with van der Waals surface area (Å²) in [5.41, 5.74) is 2.85. The number of unbranched alkanes of at least 4 members (excludes halogenated alkanes) is 2. The van der Waals surface area contributed by atoms with Gasteiger partial charge in [0.25, 0.3) is 5.91 Å². The first kappa shape index (κ1) is 27.4. The van der Waals surface area contributed by atoms with Gasteiger partial charge in [0.2, 0.25) is 11.8 Å².